The molecule has 0 aliphatic rings. The highest BCUT2D eigenvalue weighted by Crippen LogP contribution is 2.28. The summed E-state index contributed by atoms with van der Waals surface area (Å²) in [5, 5.41) is 10.0. The van der Waals surface area contributed by atoms with E-state index in [0.29, 0.717) is 5.56 Å². The molecule has 0 aliphatic heterocycles. The minimum atomic E-state index is 0.694. The van der Waals surface area contributed by atoms with Crippen molar-refractivity contribution in [3.63, 3.8) is 0 Å². The molecular weight excluding hydrogens is 300 g/mol. The first-order valence-electron chi connectivity index (χ1n) is 6.05. The number of rotatable bonds is 3. The lowest BCUT2D eigenvalue weighted by Crippen LogP contribution is -2.11. The van der Waals surface area contributed by atoms with Crippen LogP contribution in [0.5, 0.6) is 0 Å². The molecule has 2 nitrogen and oxygen atoms in total. The molecule has 0 N–H and O–H groups in total. The van der Waals surface area contributed by atoms with Gasteiger partial charge in [-0.1, -0.05) is 39.7 Å². The van der Waals surface area contributed by atoms with Gasteiger partial charge in [0.15, 0.2) is 0 Å². The number of aryl methyl sites for hydroxylation is 1. The fourth-order valence-corrected chi connectivity index (χ4v) is 2.30. The summed E-state index contributed by atoms with van der Waals surface area (Å²) in [6.45, 7) is 2.06. The summed E-state index contributed by atoms with van der Waals surface area (Å²) in [5.74, 6) is 0. The molecule has 0 bridgehead atoms. The number of alkyl halides is 1. The summed E-state index contributed by atoms with van der Waals surface area (Å²) in [6, 6.07) is 16.5. The van der Waals surface area contributed by atoms with Crippen molar-refractivity contribution in [2.24, 2.45) is 0 Å². The van der Waals surface area contributed by atoms with E-state index in [1.807, 2.05) is 30.1 Å². The maximum absolute atomic E-state index is 9.29. The summed E-state index contributed by atoms with van der Waals surface area (Å²) in [7, 11) is 1.98. The van der Waals surface area contributed by atoms with E-state index in [0.717, 1.165) is 22.3 Å². The van der Waals surface area contributed by atoms with Crippen molar-refractivity contribution in [3.05, 3.63) is 59.2 Å². The average Bonchev–Trinajstić information content (AvgIpc) is 2.46. The molecule has 2 rings (SSSR count). The molecule has 96 valence electrons. The Labute approximate surface area is 122 Å². The third-order valence-corrected chi connectivity index (χ3v) is 3.77. The van der Waals surface area contributed by atoms with E-state index in [2.05, 4.69) is 53.2 Å². The van der Waals surface area contributed by atoms with Crippen LogP contribution in [-0.2, 0) is 5.33 Å². The van der Waals surface area contributed by atoms with Gasteiger partial charge in [0, 0.05) is 18.1 Å². The quantitative estimate of drug-likeness (QED) is 0.778. The molecule has 0 radical (unpaired) electrons. The molecule has 0 saturated heterocycles. The first-order chi connectivity index (χ1) is 9.15. The third kappa shape index (κ3) is 2.97. The topological polar surface area (TPSA) is 27.0 Å². The highest BCUT2D eigenvalue weighted by atomic mass is 79.9. The van der Waals surface area contributed by atoms with Crippen molar-refractivity contribution >= 4 is 27.3 Å². The van der Waals surface area contributed by atoms with Gasteiger partial charge in [-0.3, -0.25) is 0 Å². The van der Waals surface area contributed by atoms with Gasteiger partial charge in [0.05, 0.1) is 11.3 Å². The van der Waals surface area contributed by atoms with E-state index >= 15 is 0 Å². The van der Waals surface area contributed by atoms with E-state index in [1.165, 1.54) is 5.56 Å². The maximum atomic E-state index is 9.29. The van der Waals surface area contributed by atoms with Crippen LogP contribution in [0.25, 0.3) is 0 Å². The Hall–Kier alpha value is -1.79. The van der Waals surface area contributed by atoms with Crippen molar-refractivity contribution in [3.8, 4) is 6.07 Å². The minimum absolute atomic E-state index is 0.694. The van der Waals surface area contributed by atoms with Gasteiger partial charge in [0.1, 0.15) is 6.07 Å². The van der Waals surface area contributed by atoms with Gasteiger partial charge >= 0.3 is 0 Å². The molecule has 19 heavy (non-hydrogen) atoms. The highest BCUT2D eigenvalue weighted by molar-refractivity contribution is 9.08. The summed E-state index contributed by atoms with van der Waals surface area (Å²) < 4.78 is 0. The van der Waals surface area contributed by atoms with Crippen LogP contribution in [0.1, 0.15) is 16.7 Å². The number of nitrogens with zero attached hydrogens (tertiary/aromatic N) is 2. The standard InChI is InChI=1S/C16H15BrN2/c1-12-3-6-15(7-4-12)19(2)16-8-5-13(10-17)9-14(16)11-18/h3-9H,10H2,1-2H3. The maximum Gasteiger partial charge on any atom is 0.101 e. The normalized spacial score (nSPS) is 10.0. The van der Waals surface area contributed by atoms with Crippen LogP contribution in [-0.4, -0.2) is 7.05 Å². The molecule has 2 aromatic carbocycles. The molecule has 2 aromatic rings. The average molecular weight is 315 g/mol. The lowest BCUT2D eigenvalue weighted by molar-refractivity contribution is 1.19. The van der Waals surface area contributed by atoms with Gasteiger partial charge in [0.2, 0.25) is 0 Å². The molecule has 0 saturated carbocycles. The van der Waals surface area contributed by atoms with Crippen LogP contribution in [0.3, 0.4) is 0 Å². The van der Waals surface area contributed by atoms with Crippen LogP contribution in [0.4, 0.5) is 11.4 Å². The van der Waals surface area contributed by atoms with E-state index in [1.54, 1.807) is 0 Å². The van der Waals surface area contributed by atoms with Crippen LogP contribution >= 0.6 is 15.9 Å². The molecule has 0 spiro atoms. The SMILES string of the molecule is Cc1ccc(N(C)c2ccc(CBr)cc2C#N)cc1. The van der Waals surface area contributed by atoms with E-state index in [-0.39, 0.29) is 0 Å². The molecule has 0 amide bonds. The Kier molecular flexibility index (Phi) is 4.24. The summed E-state index contributed by atoms with van der Waals surface area (Å²) in [4.78, 5) is 2.04. The number of nitriles is 1. The van der Waals surface area contributed by atoms with Gasteiger partial charge in [-0.05, 0) is 36.8 Å². The van der Waals surface area contributed by atoms with Gasteiger partial charge in [-0.15, -0.1) is 0 Å². The van der Waals surface area contributed by atoms with Crippen LogP contribution in [0.2, 0.25) is 0 Å². The van der Waals surface area contributed by atoms with E-state index in [4.69, 9.17) is 0 Å². The van der Waals surface area contributed by atoms with E-state index in [9.17, 15) is 5.26 Å². The number of hydrogen-bond donors (Lipinski definition) is 0. The first kappa shape index (κ1) is 13.6. The highest BCUT2D eigenvalue weighted by Gasteiger charge is 2.09. The smallest absolute Gasteiger partial charge is 0.101 e. The number of anilines is 2. The first-order valence-corrected chi connectivity index (χ1v) is 7.17. The van der Waals surface area contributed by atoms with E-state index < -0.39 is 0 Å². The van der Waals surface area contributed by atoms with Crippen molar-refractivity contribution in [2.45, 2.75) is 12.3 Å². The summed E-state index contributed by atoms with van der Waals surface area (Å²) in [5.41, 5.74) is 5.04. The lowest BCUT2D eigenvalue weighted by Gasteiger charge is -2.21. The van der Waals surface area contributed by atoms with Gasteiger partial charge in [-0.2, -0.15) is 5.26 Å². The molecule has 0 heterocycles. The van der Waals surface area contributed by atoms with Gasteiger partial charge in [0.25, 0.3) is 0 Å². The van der Waals surface area contributed by atoms with Gasteiger partial charge in [-0.25, -0.2) is 0 Å². The van der Waals surface area contributed by atoms with Gasteiger partial charge < -0.3 is 4.90 Å². The second-order valence-electron chi connectivity index (χ2n) is 4.49. The molecule has 0 fully saturated rings. The fraction of sp³-hybridized carbons (Fsp3) is 0.188. The Bertz CT molecular complexity index is 612. The predicted molar refractivity (Wildman–Crippen MR) is 83.0 cm³/mol. The van der Waals surface area contributed by atoms with Crippen LogP contribution in [0.15, 0.2) is 42.5 Å². The Morgan fingerprint density at radius 2 is 1.84 bits per heavy atom. The Balaban J connectivity index is 2.41. The summed E-state index contributed by atoms with van der Waals surface area (Å²) >= 11 is 3.41. The van der Waals surface area contributed by atoms with Crippen molar-refractivity contribution in [2.75, 3.05) is 11.9 Å². The second-order valence-corrected chi connectivity index (χ2v) is 5.05. The largest absolute Gasteiger partial charge is 0.344 e. The second kappa shape index (κ2) is 5.90. The number of hydrogen-bond acceptors (Lipinski definition) is 2. The Morgan fingerprint density at radius 3 is 2.42 bits per heavy atom. The zero-order valence-electron chi connectivity index (χ0n) is 11.0. The molecule has 0 unspecified atom stereocenters. The van der Waals surface area contributed by atoms with Crippen molar-refractivity contribution < 1.29 is 0 Å². The zero-order chi connectivity index (χ0) is 13.8. The molecule has 0 aromatic heterocycles. The van der Waals surface area contributed by atoms with Crippen molar-refractivity contribution in [1.82, 2.24) is 0 Å². The fourth-order valence-electron chi connectivity index (χ4n) is 1.96. The number of benzene rings is 2. The molecular formula is C16H15BrN2. The zero-order valence-corrected chi connectivity index (χ0v) is 12.6. The lowest BCUT2D eigenvalue weighted by atomic mass is 10.1. The molecule has 0 atom stereocenters. The Morgan fingerprint density at radius 1 is 1.16 bits per heavy atom. The van der Waals surface area contributed by atoms with Crippen LogP contribution in [0, 0.1) is 18.3 Å². The predicted octanol–water partition coefficient (Wildman–Crippen LogP) is 4.53. The van der Waals surface area contributed by atoms with Crippen LogP contribution < -0.4 is 4.90 Å². The third-order valence-electron chi connectivity index (χ3n) is 3.12. The summed E-state index contributed by atoms with van der Waals surface area (Å²) in [6.07, 6.45) is 0. The monoisotopic (exact) mass is 314 g/mol. The van der Waals surface area contributed by atoms with Crippen molar-refractivity contribution in [1.29, 1.82) is 5.26 Å². The molecule has 0 aliphatic carbocycles. The number of halogens is 1. The minimum Gasteiger partial charge on any atom is -0.344 e. The molecule has 3 heteroatoms.